The van der Waals surface area contributed by atoms with E-state index in [4.69, 9.17) is 0 Å². The zero-order valence-electron chi connectivity index (χ0n) is 15.8. The minimum Gasteiger partial charge on any atom is -0.319 e. The first-order valence-corrected chi connectivity index (χ1v) is 10.5. The van der Waals surface area contributed by atoms with Gasteiger partial charge >= 0.3 is 0 Å². The van der Waals surface area contributed by atoms with Gasteiger partial charge in [-0.05, 0) is 43.0 Å². The Hall–Kier alpha value is -2.51. The van der Waals surface area contributed by atoms with Crippen LogP contribution in [0.1, 0.15) is 26.2 Å². The number of para-hydroxylation sites is 1. The SMILES string of the molecule is Cc1ccc(CN2C[C@@H]3Cn4c(nnc4C(=O)Nc4ccccc4)C[C@H]3C2)s1. The molecule has 5 rings (SSSR count). The highest BCUT2D eigenvalue weighted by atomic mass is 32.1. The number of carbonyl (C=O) groups excluding carboxylic acids is 1. The van der Waals surface area contributed by atoms with Crippen molar-refractivity contribution in [2.24, 2.45) is 11.8 Å². The molecule has 2 atom stereocenters. The molecule has 2 aromatic heterocycles. The third-order valence-electron chi connectivity index (χ3n) is 5.75. The van der Waals surface area contributed by atoms with Crippen LogP contribution in [0.4, 0.5) is 5.69 Å². The van der Waals surface area contributed by atoms with Crippen molar-refractivity contribution >= 4 is 22.9 Å². The highest BCUT2D eigenvalue weighted by molar-refractivity contribution is 7.11. The fourth-order valence-corrected chi connectivity index (χ4v) is 5.35. The largest absolute Gasteiger partial charge is 0.319 e. The van der Waals surface area contributed by atoms with Crippen LogP contribution in [0, 0.1) is 18.8 Å². The lowest BCUT2D eigenvalue weighted by Gasteiger charge is -2.25. The molecule has 3 aromatic rings. The Kier molecular flexibility index (Phi) is 4.49. The number of benzene rings is 1. The van der Waals surface area contributed by atoms with Gasteiger partial charge in [0, 0.05) is 48.0 Å². The van der Waals surface area contributed by atoms with Crippen LogP contribution in [0.25, 0.3) is 0 Å². The molecule has 1 aromatic carbocycles. The Morgan fingerprint density at radius 3 is 2.71 bits per heavy atom. The summed E-state index contributed by atoms with van der Waals surface area (Å²) in [7, 11) is 0. The van der Waals surface area contributed by atoms with Gasteiger partial charge in [-0.1, -0.05) is 18.2 Å². The first kappa shape index (κ1) is 17.6. The molecule has 4 heterocycles. The van der Waals surface area contributed by atoms with Crippen LogP contribution >= 0.6 is 11.3 Å². The third-order valence-corrected chi connectivity index (χ3v) is 6.74. The topological polar surface area (TPSA) is 63.1 Å². The Bertz CT molecular complexity index is 995. The standard InChI is InChI=1S/C21H23N5OS/c1-14-7-8-18(28-14)13-25-10-15-9-19-23-24-20(26(19)12-16(15)11-25)21(27)22-17-5-3-2-4-6-17/h2-8,15-16H,9-13H2,1H3,(H,22,27)/t15-,16+/m0/s1. The summed E-state index contributed by atoms with van der Waals surface area (Å²) in [4.78, 5) is 18.0. The molecule has 2 aliphatic heterocycles. The number of hydrogen-bond acceptors (Lipinski definition) is 5. The van der Waals surface area contributed by atoms with E-state index in [9.17, 15) is 4.79 Å². The van der Waals surface area contributed by atoms with Crippen LogP contribution in [0.15, 0.2) is 42.5 Å². The van der Waals surface area contributed by atoms with Crippen molar-refractivity contribution in [3.63, 3.8) is 0 Å². The number of amides is 1. The average Bonchev–Trinajstić information content (AvgIpc) is 3.38. The van der Waals surface area contributed by atoms with Gasteiger partial charge in [-0.2, -0.15) is 0 Å². The number of aryl methyl sites for hydroxylation is 1. The number of rotatable bonds is 4. The van der Waals surface area contributed by atoms with E-state index in [1.54, 1.807) is 0 Å². The summed E-state index contributed by atoms with van der Waals surface area (Å²) in [5.41, 5.74) is 0.775. The number of nitrogens with one attached hydrogen (secondary N) is 1. The van der Waals surface area contributed by atoms with Crippen molar-refractivity contribution in [3.8, 4) is 0 Å². The summed E-state index contributed by atoms with van der Waals surface area (Å²) in [5, 5.41) is 11.5. The zero-order valence-corrected chi connectivity index (χ0v) is 16.7. The number of anilines is 1. The van der Waals surface area contributed by atoms with Gasteiger partial charge in [0.05, 0.1) is 0 Å². The number of nitrogens with zero attached hydrogens (tertiary/aromatic N) is 4. The molecule has 7 heteroatoms. The summed E-state index contributed by atoms with van der Waals surface area (Å²) in [6.45, 7) is 6.17. The average molecular weight is 394 g/mol. The molecule has 1 N–H and O–H groups in total. The van der Waals surface area contributed by atoms with Gasteiger partial charge in [0.1, 0.15) is 5.82 Å². The van der Waals surface area contributed by atoms with E-state index in [0.717, 1.165) is 44.1 Å². The van der Waals surface area contributed by atoms with Gasteiger partial charge in [0.25, 0.3) is 5.91 Å². The lowest BCUT2D eigenvalue weighted by molar-refractivity contribution is 0.100. The minimum absolute atomic E-state index is 0.188. The molecule has 0 unspecified atom stereocenters. The van der Waals surface area contributed by atoms with Gasteiger partial charge in [-0.15, -0.1) is 21.5 Å². The van der Waals surface area contributed by atoms with Crippen molar-refractivity contribution < 1.29 is 4.79 Å². The quantitative estimate of drug-likeness (QED) is 0.739. The molecule has 1 fully saturated rings. The van der Waals surface area contributed by atoms with Crippen molar-refractivity contribution in [1.82, 2.24) is 19.7 Å². The maximum Gasteiger partial charge on any atom is 0.293 e. The van der Waals surface area contributed by atoms with Crippen LogP contribution < -0.4 is 5.32 Å². The smallest absolute Gasteiger partial charge is 0.293 e. The zero-order chi connectivity index (χ0) is 19.1. The van der Waals surface area contributed by atoms with Crippen LogP contribution in [-0.2, 0) is 19.5 Å². The van der Waals surface area contributed by atoms with Crippen LogP contribution in [0.3, 0.4) is 0 Å². The highest BCUT2D eigenvalue weighted by Gasteiger charge is 2.39. The number of likely N-dealkylation sites (tertiary alicyclic amines) is 1. The molecule has 144 valence electrons. The van der Waals surface area contributed by atoms with Crippen LogP contribution in [-0.4, -0.2) is 38.7 Å². The van der Waals surface area contributed by atoms with E-state index in [-0.39, 0.29) is 5.91 Å². The molecule has 0 saturated carbocycles. The van der Waals surface area contributed by atoms with Gasteiger partial charge in [0.15, 0.2) is 0 Å². The molecular weight excluding hydrogens is 370 g/mol. The maximum absolute atomic E-state index is 12.7. The molecule has 0 bridgehead atoms. The molecule has 6 nitrogen and oxygen atoms in total. The Morgan fingerprint density at radius 2 is 1.93 bits per heavy atom. The number of carbonyl (C=O) groups is 1. The van der Waals surface area contributed by atoms with E-state index >= 15 is 0 Å². The molecule has 2 aliphatic rings. The number of hydrogen-bond donors (Lipinski definition) is 1. The predicted molar refractivity (Wildman–Crippen MR) is 109 cm³/mol. The lowest BCUT2D eigenvalue weighted by atomic mass is 9.89. The fraction of sp³-hybridized carbons (Fsp3) is 0.381. The fourth-order valence-electron chi connectivity index (χ4n) is 4.42. The normalized spacial score (nSPS) is 21.3. The lowest BCUT2D eigenvalue weighted by Crippen LogP contribution is -2.31. The second kappa shape index (κ2) is 7.14. The van der Waals surface area contributed by atoms with Crippen molar-refractivity contribution in [3.05, 3.63) is 63.9 Å². The van der Waals surface area contributed by atoms with Gasteiger partial charge in [0.2, 0.25) is 5.82 Å². The highest BCUT2D eigenvalue weighted by Crippen LogP contribution is 2.34. The van der Waals surface area contributed by atoms with E-state index in [1.165, 1.54) is 9.75 Å². The first-order chi connectivity index (χ1) is 13.7. The van der Waals surface area contributed by atoms with E-state index in [1.807, 2.05) is 46.2 Å². The van der Waals surface area contributed by atoms with E-state index in [0.29, 0.717) is 17.7 Å². The molecule has 1 saturated heterocycles. The van der Waals surface area contributed by atoms with Crippen molar-refractivity contribution in [2.75, 3.05) is 18.4 Å². The molecular formula is C21H23N5OS. The Labute approximate surface area is 168 Å². The summed E-state index contributed by atoms with van der Waals surface area (Å²) < 4.78 is 2.03. The summed E-state index contributed by atoms with van der Waals surface area (Å²) in [5.74, 6) is 2.32. The Balaban J connectivity index is 1.28. The molecule has 1 amide bonds. The van der Waals surface area contributed by atoms with Crippen LogP contribution in [0.5, 0.6) is 0 Å². The molecule has 0 radical (unpaired) electrons. The van der Waals surface area contributed by atoms with Gasteiger partial charge in [-0.3, -0.25) is 9.69 Å². The van der Waals surface area contributed by atoms with E-state index < -0.39 is 0 Å². The monoisotopic (exact) mass is 393 g/mol. The molecule has 28 heavy (non-hydrogen) atoms. The summed E-state index contributed by atoms with van der Waals surface area (Å²) in [6, 6.07) is 13.9. The van der Waals surface area contributed by atoms with Crippen LogP contribution in [0.2, 0.25) is 0 Å². The predicted octanol–water partition coefficient (Wildman–Crippen LogP) is 3.20. The van der Waals surface area contributed by atoms with E-state index in [2.05, 4.69) is 39.5 Å². The Morgan fingerprint density at radius 1 is 1.11 bits per heavy atom. The molecule has 0 spiro atoms. The van der Waals surface area contributed by atoms with Gasteiger partial charge in [-0.25, -0.2) is 0 Å². The summed E-state index contributed by atoms with van der Waals surface area (Å²) >= 11 is 1.88. The van der Waals surface area contributed by atoms with Crippen molar-refractivity contribution in [2.45, 2.75) is 26.4 Å². The van der Waals surface area contributed by atoms with Gasteiger partial charge < -0.3 is 9.88 Å². The molecule has 0 aliphatic carbocycles. The third kappa shape index (κ3) is 3.36. The summed E-state index contributed by atoms with van der Waals surface area (Å²) in [6.07, 6.45) is 0.899. The first-order valence-electron chi connectivity index (χ1n) is 9.72. The second-order valence-electron chi connectivity index (χ2n) is 7.80. The number of thiophene rings is 1. The number of fused-ring (bicyclic) bond motifs is 2. The second-order valence-corrected chi connectivity index (χ2v) is 9.17. The number of aromatic nitrogens is 3. The maximum atomic E-state index is 12.7. The minimum atomic E-state index is -0.188. The van der Waals surface area contributed by atoms with Crippen molar-refractivity contribution in [1.29, 1.82) is 0 Å².